The molecule has 1 aliphatic rings. The van der Waals surface area contributed by atoms with E-state index in [-0.39, 0.29) is 31.3 Å². The average molecular weight is 570 g/mol. The fourth-order valence-electron chi connectivity index (χ4n) is 4.87. The van der Waals surface area contributed by atoms with E-state index in [1.54, 1.807) is 23.9 Å². The third-order valence-electron chi connectivity index (χ3n) is 7.09. The molecule has 0 spiro atoms. The quantitative estimate of drug-likeness (QED) is 0.191. The molecule has 0 aliphatic carbocycles. The van der Waals surface area contributed by atoms with Crippen LogP contribution in [0.4, 0.5) is 0 Å². The summed E-state index contributed by atoms with van der Waals surface area (Å²) in [5, 5.41) is 21.6. The molecule has 1 heterocycles. The Labute approximate surface area is 245 Å². The highest BCUT2D eigenvalue weighted by atomic mass is 32.2. The number of benzene rings is 4. The van der Waals surface area contributed by atoms with Crippen molar-refractivity contribution in [2.75, 3.05) is 18.1 Å². The number of ether oxygens (including phenoxy) is 2. The largest absolute Gasteiger partial charge is 0.396 e. The Balaban J connectivity index is 1.27. The molecule has 0 bridgehead atoms. The molecule has 0 saturated carbocycles. The molecule has 3 N–H and O–H groups in total. The van der Waals surface area contributed by atoms with Gasteiger partial charge in [0.25, 0.3) is 5.91 Å². The van der Waals surface area contributed by atoms with Gasteiger partial charge < -0.3 is 25.0 Å². The predicted molar refractivity (Wildman–Crippen MR) is 162 cm³/mol. The first-order valence-electron chi connectivity index (χ1n) is 13.8. The highest BCUT2D eigenvalue weighted by Crippen LogP contribution is 2.39. The van der Waals surface area contributed by atoms with E-state index in [1.165, 1.54) is 0 Å². The van der Waals surface area contributed by atoms with Gasteiger partial charge in [0.1, 0.15) is 0 Å². The van der Waals surface area contributed by atoms with Crippen molar-refractivity contribution in [1.29, 1.82) is 0 Å². The molecule has 1 amide bonds. The van der Waals surface area contributed by atoms with Crippen LogP contribution < -0.4 is 5.32 Å². The van der Waals surface area contributed by atoms with Crippen molar-refractivity contribution in [2.24, 2.45) is 0 Å². The van der Waals surface area contributed by atoms with E-state index in [1.807, 2.05) is 66.7 Å². The van der Waals surface area contributed by atoms with E-state index >= 15 is 0 Å². The Bertz CT molecular complexity index is 1400. The van der Waals surface area contributed by atoms with Gasteiger partial charge >= 0.3 is 0 Å². The zero-order valence-electron chi connectivity index (χ0n) is 22.8. The number of hydrogen-bond acceptors (Lipinski definition) is 6. The maximum Gasteiger partial charge on any atom is 0.251 e. The third kappa shape index (κ3) is 7.85. The molecule has 7 heteroatoms. The molecule has 4 aromatic carbocycles. The molecule has 1 saturated heterocycles. The van der Waals surface area contributed by atoms with Gasteiger partial charge in [0.2, 0.25) is 0 Å². The van der Waals surface area contributed by atoms with E-state index in [9.17, 15) is 15.0 Å². The fourth-order valence-corrected chi connectivity index (χ4v) is 5.64. The second kappa shape index (κ2) is 14.4. The number of aliphatic hydroxyl groups is 2. The number of nitrogens with one attached hydrogen (secondary N) is 1. The van der Waals surface area contributed by atoms with Crippen molar-refractivity contribution in [3.05, 3.63) is 131 Å². The van der Waals surface area contributed by atoms with Crippen LogP contribution in [0.5, 0.6) is 0 Å². The Hall–Kier alpha value is -3.46. The van der Waals surface area contributed by atoms with E-state index in [4.69, 9.17) is 9.47 Å². The van der Waals surface area contributed by atoms with E-state index in [0.29, 0.717) is 17.9 Å². The number of amides is 1. The second-order valence-electron chi connectivity index (χ2n) is 10.0. The van der Waals surface area contributed by atoms with Gasteiger partial charge in [-0.05, 0) is 46.0 Å². The number of carbonyl (C=O) groups is 1. The number of aliphatic hydroxyl groups excluding tert-OH is 2. The van der Waals surface area contributed by atoms with Gasteiger partial charge in [-0.2, -0.15) is 11.8 Å². The molecule has 4 aromatic rings. The summed E-state index contributed by atoms with van der Waals surface area (Å²) >= 11 is 1.68. The van der Waals surface area contributed by atoms with Crippen LogP contribution in [-0.4, -0.2) is 40.3 Å². The van der Waals surface area contributed by atoms with Crippen LogP contribution >= 0.6 is 11.8 Å². The third-order valence-corrected chi connectivity index (χ3v) is 8.17. The highest BCUT2D eigenvalue weighted by Gasteiger charge is 2.32. The normalized spacial score (nSPS) is 18.6. The summed E-state index contributed by atoms with van der Waals surface area (Å²) in [5.41, 5.74) is 6.65. The second-order valence-corrected chi connectivity index (χ2v) is 11.2. The molecule has 212 valence electrons. The summed E-state index contributed by atoms with van der Waals surface area (Å²) in [6, 6.07) is 33.5. The number of carbonyl (C=O) groups excluding carboxylic acids is 1. The minimum Gasteiger partial charge on any atom is -0.396 e. The molecule has 1 fully saturated rings. The van der Waals surface area contributed by atoms with Crippen molar-refractivity contribution < 1.29 is 24.5 Å². The lowest BCUT2D eigenvalue weighted by molar-refractivity contribution is -0.245. The van der Waals surface area contributed by atoms with Gasteiger partial charge in [0, 0.05) is 35.6 Å². The molecule has 0 unspecified atom stereocenters. The smallest absolute Gasteiger partial charge is 0.251 e. The highest BCUT2D eigenvalue weighted by molar-refractivity contribution is 7.99. The Morgan fingerprint density at radius 2 is 1.56 bits per heavy atom. The predicted octanol–water partition coefficient (Wildman–Crippen LogP) is 6.05. The van der Waals surface area contributed by atoms with Crippen molar-refractivity contribution >= 4 is 17.7 Å². The van der Waals surface area contributed by atoms with Crippen LogP contribution in [0.15, 0.2) is 103 Å². The molecule has 41 heavy (non-hydrogen) atoms. The van der Waals surface area contributed by atoms with Crippen molar-refractivity contribution in [1.82, 2.24) is 5.32 Å². The maximum absolute atomic E-state index is 12.4. The number of hydrogen-bond donors (Lipinski definition) is 3. The van der Waals surface area contributed by atoms with Gasteiger partial charge in [-0.15, -0.1) is 0 Å². The van der Waals surface area contributed by atoms with Crippen molar-refractivity contribution in [3.63, 3.8) is 0 Å². The maximum atomic E-state index is 12.4. The average Bonchev–Trinajstić information content (AvgIpc) is 3.04. The Kier molecular flexibility index (Phi) is 10.2. The van der Waals surface area contributed by atoms with Crippen LogP contribution in [0.2, 0.25) is 0 Å². The lowest BCUT2D eigenvalue weighted by Gasteiger charge is -2.36. The first kappa shape index (κ1) is 29.0. The van der Waals surface area contributed by atoms with Crippen LogP contribution in [0.25, 0.3) is 11.1 Å². The molecule has 0 radical (unpaired) electrons. The summed E-state index contributed by atoms with van der Waals surface area (Å²) < 4.78 is 12.8. The fraction of sp³-hybridized carbons (Fsp3) is 0.265. The zero-order chi connectivity index (χ0) is 28.4. The standard InChI is InChI=1S/C34H35NO5S/c36-17-18-41-23-31-20-32(27-11-9-24(22-37)10-12-27)40-34(39-31)29-15-13-26(14-16-29)30-8-4-5-25(19-30)21-35-33(38)28-6-2-1-3-7-28/h1-16,19,31-32,34,36-37H,17-18,20-23H2,(H,35,38)/t31-,32+,34+/m0/s1. The van der Waals surface area contributed by atoms with Crippen molar-refractivity contribution in [2.45, 2.75) is 38.1 Å². The monoisotopic (exact) mass is 569 g/mol. The van der Waals surface area contributed by atoms with Crippen LogP contribution in [0.1, 0.15) is 51.4 Å². The summed E-state index contributed by atoms with van der Waals surface area (Å²) in [7, 11) is 0. The van der Waals surface area contributed by atoms with Gasteiger partial charge in [-0.3, -0.25) is 4.79 Å². The molecule has 0 aromatic heterocycles. The van der Waals surface area contributed by atoms with Crippen LogP contribution in [-0.2, 0) is 22.6 Å². The molecule has 5 rings (SSSR count). The van der Waals surface area contributed by atoms with E-state index in [0.717, 1.165) is 45.6 Å². The van der Waals surface area contributed by atoms with Gasteiger partial charge in [0.15, 0.2) is 6.29 Å². The summed E-state index contributed by atoms with van der Waals surface area (Å²) in [6.45, 7) is 0.598. The summed E-state index contributed by atoms with van der Waals surface area (Å²) in [5.74, 6) is 1.35. The van der Waals surface area contributed by atoms with Gasteiger partial charge in [-0.25, -0.2) is 0 Å². The lowest BCUT2D eigenvalue weighted by atomic mass is 9.99. The van der Waals surface area contributed by atoms with Crippen molar-refractivity contribution in [3.8, 4) is 11.1 Å². The van der Waals surface area contributed by atoms with E-state index in [2.05, 4.69) is 29.6 Å². The number of thioether (sulfide) groups is 1. The Morgan fingerprint density at radius 3 is 2.29 bits per heavy atom. The minimum atomic E-state index is -0.514. The summed E-state index contributed by atoms with van der Waals surface area (Å²) in [6.07, 6.45) is 0.0533. The molecule has 3 atom stereocenters. The molecule has 1 aliphatic heterocycles. The minimum absolute atomic E-state index is 0.00947. The molecular formula is C34H35NO5S. The van der Waals surface area contributed by atoms with Crippen LogP contribution in [0.3, 0.4) is 0 Å². The molecule has 6 nitrogen and oxygen atoms in total. The zero-order valence-corrected chi connectivity index (χ0v) is 23.6. The lowest BCUT2D eigenvalue weighted by Crippen LogP contribution is -2.31. The summed E-state index contributed by atoms with van der Waals surface area (Å²) in [4.78, 5) is 12.4. The van der Waals surface area contributed by atoms with Gasteiger partial charge in [-0.1, -0.05) is 84.9 Å². The van der Waals surface area contributed by atoms with Crippen LogP contribution in [0, 0.1) is 0 Å². The van der Waals surface area contributed by atoms with Gasteiger partial charge in [0.05, 0.1) is 25.4 Å². The molecular weight excluding hydrogens is 534 g/mol. The first-order chi connectivity index (χ1) is 20.1. The van der Waals surface area contributed by atoms with E-state index < -0.39 is 6.29 Å². The number of rotatable bonds is 11. The SMILES string of the molecule is O=C(NCc1cccc(-c2ccc([C@@H]3O[C@H](CSCCO)C[C@H](c4ccc(CO)cc4)O3)cc2)c1)c1ccccc1. The topological polar surface area (TPSA) is 88.0 Å². The Morgan fingerprint density at radius 1 is 0.805 bits per heavy atom. The first-order valence-corrected chi connectivity index (χ1v) is 15.0.